The molecule has 0 amide bonds. The van der Waals surface area contributed by atoms with Crippen molar-refractivity contribution < 1.29 is 0 Å². The van der Waals surface area contributed by atoms with Gasteiger partial charge in [-0.05, 0) is 43.1 Å². The van der Waals surface area contributed by atoms with Crippen LogP contribution in [0.3, 0.4) is 0 Å². The van der Waals surface area contributed by atoms with Gasteiger partial charge in [0, 0.05) is 6.04 Å². The second kappa shape index (κ2) is 7.53. The van der Waals surface area contributed by atoms with Gasteiger partial charge in [-0.2, -0.15) is 0 Å². The Kier molecular flexibility index (Phi) is 6.70. The lowest BCUT2D eigenvalue weighted by Crippen LogP contribution is -2.36. The smallest absolute Gasteiger partial charge is 0.00672 e. The Balaban J connectivity index is 2.27. The van der Waals surface area contributed by atoms with Crippen LogP contribution in [0.25, 0.3) is 0 Å². The maximum Gasteiger partial charge on any atom is 0.00672 e. The van der Waals surface area contributed by atoms with E-state index in [4.69, 9.17) is 0 Å². The Morgan fingerprint density at radius 3 is 2.44 bits per heavy atom. The maximum atomic E-state index is 3.83. The van der Waals surface area contributed by atoms with E-state index in [2.05, 4.69) is 39.9 Å². The summed E-state index contributed by atoms with van der Waals surface area (Å²) in [6, 6.07) is 0.789. The second-order valence-electron chi connectivity index (χ2n) is 7.54. The van der Waals surface area contributed by atoms with Gasteiger partial charge in [0.2, 0.25) is 0 Å². The Bertz CT molecular complexity index is 216. The van der Waals surface area contributed by atoms with Gasteiger partial charge in [0.1, 0.15) is 0 Å². The van der Waals surface area contributed by atoms with Gasteiger partial charge in [-0.15, -0.1) is 0 Å². The van der Waals surface area contributed by atoms with Crippen LogP contribution in [0, 0.1) is 17.3 Å². The Labute approximate surface area is 115 Å². The van der Waals surface area contributed by atoms with E-state index in [0.29, 0.717) is 5.41 Å². The number of hydrogen-bond acceptors (Lipinski definition) is 1. The van der Waals surface area contributed by atoms with Gasteiger partial charge in [0.15, 0.2) is 0 Å². The summed E-state index contributed by atoms with van der Waals surface area (Å²) in [5, 5.41) is 3.83. The van der Waals surface area contributed by atoms with E-state index in [1.54, 1.807) is 0 Å². The van der Waals surface area contributed by atoms with Crippen LogP contribution in [-0.4, -0.2) is 12.6 Å². The monoisotopic (exact) mass is 253 g/mol. The molecule has 1 rings (SSSR count). The molecule has 1 saturated carbocycles. The molecule has 0 aromatic heterocycles. The van der Waals surface area contributed by atoms with Gasteiger partial charge in [-0.25, -0.2) is 0 Å². The van der Waals surface area contributed by atoms with Crippen LogP contribution in [-0.2, 0) is 0 Å². The average molecular weight is 253 g/mol. The van der Waals surface area contributed by atoms with Gasteiger partial charge in [-0.1, -0.05) is 60.3 Å². The minimum atomic E-state index is 0.433. The molecule has 3 unspecified atom stereocenters. The summed E-state index contributed by atoms with van der Waals surface area (Å²) in [4.78, 5) is 0. The molecule has 0 aliphatic heterocycles. The van der Waals surface area contributed by atoms with E-state index in [9.17, 15) is 0 Å². The van der Waals surface area contributed by atoms with Gasteiger partial charge in [0.05, 0.1) is 0 Å². The van der Waals surface area contributed by atoms with Crippen LogP contribution in [0.4, 0.5) is 0 Å². The fourth-order valence-corrected chi connectivity index (χ4v) is 2.93. The number of hydrogen-bond donors (Lipinski definition) is 1. The molecule has 1 nitrogen and oxygen atoms in total. The van der Waals surface area contributed by atoms with Gasteiger partial charge in [0.25, 0.3) is 0 Å². The molecular weight excluding hydrogens is 218 g/mol. The Hall–Kier alpha value is -0.0400. The summed E-state index contributed by atoms with van der Waals surface area (Å²) in [6.45, 7) is 12.9. The molecule has 18 heavy (non-hydrogen) atoms. The third-order valence-corrected chi connectivity index (χ3v) is 4.98. The predicted molar refractivity (Wildman–Crippen MR) is 81.9 cm³/mol. The lowest BCUT2D eigenvalue weighted by molar-refractivity contribution is 0.241. The lowest BCUT2D eigenvalue weighted by atomic mass is 9.82. The largest absolute Gasteiger partial charge is 0.314 e. The topological polar surface area (TPSA) is 12.0 Å². The highest BCUT2D eigenvalue weighted by Gasteiger charge is 2.22. The lowest BCUT2D eigenvalue weighted by Gasteiger charge is -2.29. The molecule has 0 aromatic rings. The molecule has 1 N–H and O–H groups in total. The van der Waals surface area contributed by atoms with Crippen molar-refractivity contribution in [2.24, 2.45) is 17.3 Å². The van der Waals surface area contributed by atoms with E-state index < -0.39 is 0 Å². The molecule has 108 valence electrons. The number of nitrogens with one attached hydrogen (secondary N) is 1. The first-order valence-electron chi connectivity index (χ1n) is 8.16. The van der Waals surface area contributed by atoms with Crippen molar-refractivity contribution in [3.8, 4) is 0 Å². The minimum absolute atomic E-state index is 0.433. The molecular formula is C17H35N. The molecule has 1 heteroatoms. The minimum Gasteiger partial charge on any atom is -0.314 e. The highest BCUT2D eigenvalue weighted by Crippen LogP contribution is 2.28. The second-order valence-corrected chi connectivity index (χ2v) is 7.54. The van der Waals surface area contributed by atoms with Crippen LogP contribution >= 0.6 is 0 Å². The van der Waals surface area contributed by atoms with Crippen LogP contribution in [0.15, 0.2) is 0 Å². The molecule has 1 aliphatic carbocycles. The third-order valence-electron chi connectivity index (χ3n) is 4.98. The van der Waals surface area contributed by atoms with Gasteiger partial charge >= 0.3 is 0 Å². The first-order valence-corrected chi connectivity index (χ1v) is 8.16. The van der Waals surface area contributed by atoms with Gasteiger partial charge < -0.3 is 5.32 Å². The fraction of sp³-hybridized carbons (Fsp3) is 1.00. The first-order chi connectivity index (χ1) is 8.43. The van der Waals surface area contributed by atoms with Crippen LogP contribution < -0.4 is 5.32 Å². The molecule has 0 aromatic carbocycles. The van der Waals surface area contributed by atoms with E-state index >= 15 is 0 Å². The van der Waals surface area contributed by atoms with Crippen molar-refractivity contribution in [1.82, 2.24) is 5.32 Å². The highest BCUT2D eigenvalue weighted by atomic mass is 14.9. The summed E-state index contributed by atoms with van der Waals surface area (Å²) in [7, 11) is 0. The Morgan fingerprint density at radius 2 is 1.83 bits per heavy atom. The Morgan fingerprint density at radius 1 is 1.11 bits per heavy atom. The van der Waals surface area contributed by atoms with Crippen LogP contribution in [0.1, 0.15) is 79.6 Å². The SMILES string of the molecule is CCCC1CCCC(NCC(C)C(C)(C)C)CC1. The summed E-state index contributed by atoms with van der Waals surface area (Å²) < 4.78 is 0. The van der Waals surface area contributed by atoms with Gasteiger partial charge in [-0.3, -0.25) is 0 Å². The summed E-state index contributed by atoms with van der Waals surface area (Å²) in [5.74, 6) is 1.77. The zero-order valence-electron chi connectivity index (χ0n) is 13.4. The quantitative estimate of drug-likeness (QED) is 0.679. The molecule has 0 spiro atoms. The van der Waals surface area contributed by atoms with E-state index in [0.717, 1.165) is 17.9 Å². The van der Waals surface area contributed by atoms with Crippen molar-refractivity contribution >= 4 is 0 Å². The van der Waals surface area contributed by atoms with Crippen molar-refractivity contribution in [2.75, 3.05) is 6.54 Å². The average Bonchev–Trinajstić information content (AvgIpc) is 2.51. The van der Waals surface area contributed by atoms with E-state index in [1.165, 1.54) is 51.5 Å². The molecule has 0 saturated heterocycles. The van der Waals surface area contributed by atoms with Crippen LogP contribution in [0.2, 0.25) is 0 Å². The van der Waals surface area contributed by atoms with Crippen molar-refractivity contribution in [3.05, 3.63) is 0 Å². The van der Waals surface area contributed by atoms with Crippen LogP contribution in [0.5, 0.6) is 0 Å². The zero-order chi connectivity index (χ0) is 13.6. The third kappa shape index (κ3) is 5.73. The van der Waals surface area contributed by atoms with Crippen molar-refractivity contribution in [1.29, 1.82) is 0 Å². The zero-order valence-corrected chi connectivity index (χ0v) is 13.4. The summed E-state index contributed by atoms with van der Waals surface area (Å²) in [6.07, 6.45) is 9.98. The maximum absolute atomic E-state index is 3.83. The van der Waals surface area contributed by atoms with Crippen molar-refractivity contribution in [3.63, 3.8) is 0 Å². The summed E-state index contributed by atoms with van der Waals surface area (Å²) in [5.41, 5.74) is 0.433. The molecule has 0 radical (unpaired) electrons. The van der Waals surface area contributed by atoms with E-state index in [-0.39, 0.29) is 0 Å². The normalized spacial score (nSPS) is 27.8. The van der Waals surface area contributed by atoms with E-state index in [1.807, 2.05) is 0 Å². The molecule has 3 atom stereocenters. The molecule has 0 heterocycles. The molecule has 0 bridgehead atoms. The first kappa shape index (κ1) is 16.0. The highest BCUT2D eigenvalue weighted by molar-refractivity contribution is 4.78. The molecule has 1 aliphatic rings. The summed E-state index contributed by atoms with van der Waals surface area (Å²) >= 11 is 0. The number of rotatable bonds is 5. The predicted octanol–water partition coefficient (Wildman–Crippen LogP) is 5.01. The fourth-order valence-electron chi connectivity index (χ4n) is 2.93. The standard InChI is InChI=1S/C17H35N/c1-6-8-15-9-7-10-16(12-11-15)18-13-14(2)17(3,4)5/h14-16,18H,6-13H2,1-5H3. The van der Waals surface area contributed by atoms with Crippen molar-refractivity contribution in [2.45, 2.75) is 85.6 Å². The molecule has 1 fully saturated rings.